The highest BCUT2D eigenvalue weighted by molar-refractivity contribution is 5.76. The van der Waals surface area contributed by atoms with Crippen molar-refractivity contribution in [3.05, 3.63) is 11.8 Å². The van der Waals surface area contributed by atoms with Gasteiger partial charge in [-0.15, -0.1) is 0 Å². The summed E-state index contributed by atoms with van der Waals surface area (Å²) in [5.41, 5.74) is 0.411. The first-order chi connectivity index (χ1) is 11.3. The monoisotopic (exact) mass is 333 g/mol. The van der Waals surface area contributed by atoms with Crippen molar-refractivity contribution in [2.75, 3.05) is 50.6 Å². The second-order valence-corrected chi connectivity index (χ2v) is 7.33. The second kappa shape index (κ2) is 6.20. The summed E-state index contributed by atoms with van der Waals surface area (Å²) in [7, 11) is 5.98. The molecule has 1 aromatic rings. The van der Waals surface area contributed by atoms with E-state index in [0.717, 1.165) is 30.8 Å². The van der Waals surface area contributed by atoms with E-state index in [1.165, 1.54) is 0 Å². The van der Waals surface area contributed by atoms with Gasteiger partial charge in [-0.25, -0.2) is 4.98 Å². The van der Waals surface area contributed by atoms with Crippen LogP contribution in [0, 0.1) is 12.3 Å². The van der Waals surface area contributed by atoms with Gasteiger partial charge in [0.2, 0.25) is 5.95 Å². The Hall–Kier alpha value is -1.89. The summed E-state index contributed by atoms with van der Waals surface area (Å²) in [6.07, 6.45) is 4.21. The number of hydrogen-bond acceptors (Lipinski definition) is 6. The van der Waals surface area contributed by atoms with Crippen molar-refractivity contribution in [1.29, 1.82) is 0 Å². The number of fused-ring (bicyclic) bond motifs is 1. The van der Waals surface area contributed by atoms with E-state index in [4.69, 9.17) is 4.98 Å². The zero-order valence-corrected chi connectivity index (χ0v) is 15.0. The third-order valence-electron chi connectivity index (χ3n) is 5.59. The maximum atomic E-state index is 12.0. The van der Waals surface area contributed by atoms with Gasteiger partial charge in [-0.3, -0.25) is 4.79 Å². The molecule has 2 saturated heterocycles. The van der Waals surface area contributed by atoms with Gasteiger partial charge in [0.05, 0.1) is 5.41 Å². The van der Waals surface area contributed by atoms with Gasteiger partial charge in [0, 0.05) is 45.0 Å². The first kappa shape index (κ1) is 17.0. The van der Waals surface area contributed by atoms with Crippen molar-refractivity contribution in [3.8, 4) is 0 Å². The quantitative estimate of drug-likeness (QED) is 0.892. The van der Waals surface area contributed by atoms with E-state index in [1.54, 1.807) is 0 Å². The van der Waals surface area contributed by atoms with E-state index in [1.807, 2.05) is 39.2 Å². The first-order valence-electron chi connectivity index (χ1n) is 8.55. The normalized spacial score (nSPS) is 27.7. The zero-order valence-electron chi connectivity index (χ0n) is 15.0. The molecule has 0 radical (unpaired) electrons. The Morgan fingerprint density at radius 2 is 2.12 bits per heavy atom. The van der Waals surface area contributed by atoms with Crippen LogP contribution >= 0.6 is 0 Å². The van der Waals surface area contributed by atoms with E-state index < -0.39 is 11.4 Å². The van der Waals surface area contributed by atoms with Crippen molar-refractivity contribution in [1.82, 2.24) is 14.9 Å². The maximum absolute atomic E-state index is 12.0. The number of anilines is 2. The Morgan fingerprint density at radius 1 is 1.38 bits per heavy atom. The Kier molecular flexibility index (Phi) is 4.38. The molecule has 7 heteroatoms. The van der Waals surface area contributed by atoms with Crippen molar-refractivity contribution < 1.29 is 9.90 Å². The average molecular weight is 333 g/mol. The zero-order chi connectivity index (χ0) is 17.5. The van der Waals surface area contributed by atoms with Gasteiger partial charge in [0.1, 0.15) is 5.82 Å². The molecule has 0 spiro atoms. The van der Waals surface area contributed by atoms with Crippen LogP contribution in [0.2, 0.25) is 0 Å². The molecule has 3 heterocycles. The van der Waals surface area contributed by atoms with E-state index in [0.29, 0.717) is 25.5 Å². The lowest BCUT2D eigenvalue weighted by molar-refractivity contribution is -0.158. The van der Waals surface area contributed by atoms with Crippen LogP contribution in [0.3, 0.4) is 0 Å². The van der Waals surface area contributed by atoms with Crippen LogP contribution in [-0.2, 0) is 4.79 Å². The first-order valence-corrected chi connectivity index (χ1v) is 8.55. The minimum atomic E-state index is -0.655. The molecule has 2 aliphatic rings. The minimum Gasteiger partial charge on any atom is -0.481 e. The molecule has 0 aliphatic carbocycles. The molecule has 0 saturated carbocycles. The molecule has 2 fully saturated rings. The van der Waals surface area contributed by atoms with Crippen LogP contribution in [0.1, 0.15) is 24.8 Å². The molecule has 132 valence electrons. The number of carboxylic acids is 1. The van der Waals surface area contributed by atoms with Crippen molar-refractivity contribution in [2.45, 2.75) is 32.2 Å². The third kappa shape index (κ3) is 2.70. The van der Waals surface area contributed by atoms with Crippen molar-refractivity contribution >= 4 is 17.7 Å². The Balaban J connectivity index is 1.88. The molecule has 0 aromatic carbocycles. The lowest BCUT2D eigenvalue weighted by Crippen LogP contribution is -2.63. The topological polar surface area (TPSA) is 72.8 Å². The molecule has 7 nitrogen and oxygen atoms in total. The van der Waals surface area contributed by atoms with Gasteiger partial charge in [0.15, 0.2) is 0 Å². The van der Waals surface area contributed by atoms with E-state index in [2.05, 4.69) is 14.8 Å². The van der Waals surface area contributed by atoms with Gasteiger partial charge >= 0.3 is 5.97 Å². The summed E-state index contributed by atoms with van der Waals surface area (Å²) in [5.74, 6) is 0.951. The maximum Gasteiger partial charge on any atom is 0.311 e. The van der Waals surface area contributed by atoms with E-state index in [-0.39, 0.29) is 6.04 Å². The predicted octanol–water partition coefficient (Wildman–Crippen LogP) is 1.23. The number of carbonyl (C=O) groups is 1. The number of aromatic nitrogens is 2. The third-order valence-corrected chi connectivity index (χ3v) is 5.59. The number of nitrogens with zero attached hydrogens (tertiary/aromatic N) is 5. The largest absolute Gasteiger partial charge is 0.481 e. The van der Waals surface area contributed by atoms with Crippen LogP contribution in [0.15, 0.2) is 6.20 Å². The fourth-order valence-electron chi connectivity index (χ4n) is 4.20. The summed E-state index contributed by atoms with van der Waals surface area (Å²) in [6, 6.07) is 0.00482. The molecule has 24 heavy (non-hydrogen) atoms. The Morgan fingerprint density at radius 3 is 2.79 bits per heavy atom. The summed E-state index contributed by atoms with van der Waals surface area (Å²) < 4.78 is 0. The average Bonchev–Trinajstić information content (AvgIpc) is 2.55. The molecule has 0 amide bonds. The molecule has 0 unspecified atom stereocenters. The minimum absolute atomic E-state index is 0.00482. The number of aliphatic carboxylic acids is 1. The van der Waals surface area contributed by atoms with Gasteiger partial charge in [-0.2, -0.15) is 4.98 Å². The number of likely N-dealkylation sites (tertiary alicyclic amines) is 1. The Labute approximate surface area is 143 Å². The summed E-state index contributed by atoms with van der Waals surface area (Å²) in [5, 5.41) is 9.87. The fraction of sp³-hybridized carbons (Fsp3) is 0.706. The summed E-state index contributed by atoms with van der Waals surface area (Å²) in [6.45, 7) is 4.30. The van der Waals surface area contributed by atoms with Gasteiger partial charge in [-0.1, -0.05) is 0 Å². The second-order valence-electron chi connectivity index (χ2n) is 7.33. The number of carboxylic acid groups (broad SMARTS) is 1. The van der Waals surface area contributed by atoms with E-state index >= 15 is 0 Å². The standard InChI is InChI=1S/C17H27N5O2/c1-12-10-18-16(19-14(12)20(2)3)22-9-7-17(15(23)24)6-5-8-21(4)13(17)11-22/h10,13H,5-9,11H2,1-4H3,(H,23,24)/t13-,17+/m1/s1. The number of hydrogen-bond donors (Lipinski definition) is 1. The smallest absolute Gasteiger partial charge is 0.311 e. The lowest BCUT2D eigenvalue weighted by Gasteiger charge is -2.51. The summed E-state index contributed by atoms with van der Waals surface area (Å²) >= 11 is 0. The van der Waals surface area contributed by atoms with Gasteiger partial charge < -0.3 is 19.8 Å². The molecule has 2 atom stereocenters. The molecular formula is C17H27N5O2. The highest BCUT2D eigenvalue weighted by atomic mass is 16.4. The van der Waals surface area contributed by atoms with Gasteiger partial charge in [0.25, 0.3) is 0 Å². The molecule has 0 bridgehead atoms. The molecule has 1 aromatic heterocycles. The number of aryl methyl sites for hydroxylation is 1. The number of likely N-dealkylation sites (N-methyl/N-ethyl adjacent to an activating group) is 1. The van der Waals surface area contributed by atoms with Crippen molar-refractivity contribution in [3.63, 3.8) is 0 Å². The van der Waals surface area contributed by atoms with Crippen molar-refractivity contribution in [2.24, 2.45) is 5.41 Å². The molecular weight excluding hydrogens is 306 g/mol. The Bertz CT molecular complexity index is 635. The van der Waals surface area contributed by atoms with Gasteiger partial charge in [-0.05, 0) is 39.8 Å². The van der Waals surface area contributed by atoms with Crippen LogP contribution < -0.4 is 9.80 Å². The van der Waals surface area contributed by atoms with Crippen LogP contribution in [0.25, 0.3) is 0 Å². The van der Waals surface area contributed by atoms with Crippen LogP contribution in [0.4, 0.5) is 11.8 Å². The molecule has 3 rings (SSSR count). The highest BCUT2D eigenvalue weighted by Crippen LogP contribution is 2.42. The van der Waals surface area contributed by atoms with Crippen LogP contribution in [0.5, 0.6) is 0 Å². The number of rotatable bonds is 3. The fourth-order valence-corrected chi connectivity index (χ4v) is 4.20. The SMILES string of the molecule is Cc1cnc(N2CC[C@@]3(C(=O)O)CCCN(C)[C@@H]3C2)nc1N(C)C. The van der Waals surface area contributed by atoms with E-state index in [9.17, 15) is 9.90 Å². The molecule has 1 N–H and O–H groups in total. The predicted molar refractivity (Wildman–Crippen MR) is 93.6 cm³/mol. The lowest BCUT2D eigenvalue weighted by atomic mass is 9.68. The number of piperidine rings is 2. The molecule has 2 aliphatic heterocycles. The highest BCUT2D eigenvalue weighted by Gasteiger charge is 2.52. The summed E-state index contributed by atoms with van der Waals surface area (Å²) in [4.78, 5) is 27.5. The van der Waals surface area contributed by atoms with Crippen LogP contribution in [-0.4, -0.2) is 72.8 Å².